The summed E-state index contributed by atoms with van der Waals surface area (Å²) in [6.45, 7) is 11.6. The summed E-state index contributed by atoms with van der Waals surface area (Å²) in [7, 11) is -2.28. The van der Waals surface area contributed by atoms with Crippen molar-refractivity contribution in [2.45, 2.75) is 224 Å². The second-order valence-corrected chi connectivity index (χ2v) is 32.8. The molecule has 2 aromatic carbocycles. The molecule has 6 heterocycles. The number of ether oxygens (including phenoxy) is 4. The van der Waals surface area contributed by atoms with E-state index < -0.39 is 145 Å². The molecule has 33 heteroatoms. The average molecular weight is 1470 g/mol. The largest absolute Gasteiger partial charge is 0.479 e. The van der Waals surface area contributed by atoms with Gasteiger partial charge in [-0.2, -0.15) is 25.4 Å². The van der Waals surface area contributed by atoms with Gasteiger partial charge >= 0.3 is 40.6 Å². The topological polar surface area (TPSA) is 402 Å². The highest BCUT2D eigenvalue weighted by Gasteiger charge is 2.63. The first kappa shape index (κ1) is 80.9. The number of nitrogens with zero attached hydrogens (tertiary/aromatic N) is 6. The highest BCUT2D eigenvalue weighted by molar-refractivity contribution is 7.87. The molecule has 102 heavy (non-hydrogen) atoms. The summed E-state index contributed by atoms with van der Waals surface area (Å²) in [4.78, 5) is 140. The van der Waals surface area contributed by atoms with E-state index in [1.54, 1.807) is 51.3 Å². The van der Waals surface area contributed by atoms with Gasteiger partial charge in [-0.15, -0.1) is 0 Å². The van der Waals surface area contributed by atoms with Crippen LogP contribution in [-0.2, 0) is 94.3 Å². The van der Waals surface area contributed by atoms with Gasteiger partial charge in [0.05, 0.1) is 13.1 Å². The van der Waals surface area contributed by atoms with Crippen LogP contribution in [0.1, 0.15) is 161 Å². The number of carboxylic acids is 1. The lowest BCUT2D eigenvalue weighted by atomic mass is 10.0. The second kappa shape index (κ2) is 33.4. The molecule has 0 unspecified atom stereocenters. The van der Waals surface area contributed by atoms with Crippen LogP contribution in [0.5, 0.6) is 0 Å². The highest BCUT2D eigenvalue weighted by Crippen LogP contribution is 2.47. The van der Waals surface area contributed by atoms with Gasteiger partial charge in [0.25, 0.3) is 16.1 Å². The summed E-state index contributed by atoms with van der Waals surface area (Å²) >= 11 is 0. The molecule has 9 amide bonds. The van der Waals surface area contributed by atoms with Crippen molar-refractivity contribution < 1.29 is 88.8 Å². The molecule has 0 radical (unpaired) electrons. The Bertz CT molecular complexity index is 3700. The van der Waals surface area contributed by atoms with E-state index in [1.165, 1.54) is 38.0 Å². The van der Waals surface area contributed by atoms with Gasteiger partial charge in [0.15, 0.2) is 0 Å². The molecule has 8 N–H and O–H groups in total. The van der Waals surface area contributed by atoms with Crippen molar-refractivity contribution in [3.8, 4) is 0 Å². The monoisotopic (exact) mass is 1470 g/mol. The van der Waals surface area contributed by atoms with Gasteiger partial charge in [-0.3, -0.25) is 33.8 Å². The molecular weight excluding hydrogens is 1360 g/mol. The molecule has 8 aliphatic rings. The third-order valence-corrected chi connectivity index (χ3v) is 21.0. The van der Waals surface area contributed by atoms with Crippen molar-refractivity contribution in [2.24, 2.45) is 17.0 Å². The number of nitrogens with one attached hydrogen (secondary N) is 5. The Labute approximate surface area is 597 Å². The summed E-state index contributed by atoms with van der Waals surface area (Å²) in [6.07, 6.45) is 9.83. The molecular formula is C69H102N12O19S2. The van der Waals surface area contributed by atoms with Crippen LogP contribution in [0, 0.1) is 11.8 Å². The van der Waals surface area contributed by atoms with Crippen molar-refractivity contribution in [3.63, 3.8) is 0 Å². The Morgan fingerprint density at radius 3 is 1.29 bits per heavy atom. The van der Waals surface area contributed by atoms with Gasteiger partial charge in [-0.25, -0.2) is 33.8 Å². The smallest absolute Gasteiger partial charge is 0.410 e. The number of hydrogen-bond donors (Lipinski definition) is 7. The van der Waals surface area contributed by atoms with Crippen molar-refractivity contribution in [2.75, 3.05) is 41.3 Å². The van der Waals surface area contributed by atoms with Crippen LogP contribution in [0.3, 0.4) is 0 Å². The molecule has 10 rings (SSSR count). The van der Waals surface area contributed by atoms with E-state index in [1.807, 2.05) is 72.8 Å². The number of benzene rings is 2. The summed E-state index contributed by atoms with van der Waals surface area (Å²) in [5.74, 6) is -5.26. The summed E-state index contributed by atoms with van der Waals surface area (Å²) < 4.78 is 71.7. The van der Waals surface area contributed by atoms with Crippen LogP contribution >= 0.6 is 0 Å². The van der Waals surface area contributed by atoms with E-state index in [9.17, 15) is 69.9 Å². The minimum absolute atomic E-state index is 0. The van der Waals surface area contributed by atoms with Gasteiger partial charge in [0.2, 0.25) is 23.6 Å². The maximum absolute atomic E-state index is 14.3. The Hall–Kier alpha value is -8.40. The molecule has 564 valence electrons. The molecule has 2 saturated carbocycles. The number of carbonyl (C=O) groups excluding carboxylic acids is 9. The van der Waals surface area contributed by atoms with Crippen LogP contribution < -0.4 is 31.1 Å². The van der Waals surface area contributed by atoms with Gasteiger partial charge in [-0.05, 0) is 115 Å². The minimum Gasteiger partial charge on any atom is -0.479 e. The van der Waals surface area contributed by atoms with E-state index in [-0.39, 0.29) is 58.5 Å². The standard InChI is InChI=1S/C34H48N6O9S.C32H42N4O8.C2H8N2O2S.CH4/c1-33(2,3)49-31(44)35-26-16-10-8-6-7-9-15-24-18-34(24,30(43)37-50(46,47)38(4)5)36-28(41)27-17-25(21-40(27)29(26)42)48-32(45)39-19-22-13-11-12-14-23(22)20-39;1-31(2,3)44-29(41)33-24-14-8-6-4-5-7-13-22-16-32(22,28(39)40)34-26(37)25-15-23(19-36(25)27(24)38)43-30(42)35-17-20-11-9-10-12-21(20)18-35;1-4(2)7(3,5)6;/h9,11-15,24-27H,6-8,10,16-21H2,1-5H3,(H,35,44)(H,36,41)(H,37,43);7,9-13,22-25H,4-6,8,14-19H2,1-3H3,(H,33,41)(H,34,37)(H,39,40);1-2H3,(H2,3,5,6);1H4/b15-9-;13-7-;;/t24-,25-,26+,27+,34-;22-,23-,24+,25+,32-;;/m11../s1. The Morgan fingerprint density at radius 2 is 0.941 bits per heavy atom. The zero-order valence-electron chi connectivity index (χ0n) is 59.1. The van der Waals surface area contributed by atoms with Crippen molar-refractivity contribution in [3.05, 3.63) is 95.1 Å². The van der Waals surface area contributed by atoms with E-state index >= 15 is 0 Å². The number of amides is 9. The number of aliphatic carboxylic acids is 1. The minimum atomic E-state index is -4.17. The number of carbonyl (C=O) groups is 10. The summed E-state index contributed by atoms with van der Waals surface area (Å²) in [5.41, 5.74) is -0.566. The predicted octanol–water partition coefficient (Wildman–Crippen LogP) is 5.19. The number of hydrogen-bond acceptors (Lipinski definition) is 18. The zero-order valence-corrected chi connectivity index (χ0v) is 60.7. The van der Waals surface area contributed by atoms with Gasteiger partial charge in [-0.1, -0.05) is 106 Å². The van der Waals surface area contributed by atoms with E-state index in [2.05, 4.69) is 31.1 Å². The third kappa shape index (κ3) is 21.1. The summed E-state index contributed by atoms with van der Waals surface area (Å²) in [5, 5.41) is 25.5. The lowest BCUT2D eigenvalue weighted by Gasteiger charge is -2.30. The Balaban J connectivity index is 0.000000260. The maximum Gasteiger partial charge on any atom is 0.410 e. The van der Waals surface area contributed by atoms with Crippen molar-refractivity contribution >= 4 is 80.3 Å². The second-order valence-electron chi connectivity index (χ2n) is 29.2. The molecule has 4 fully saturated rings. The molecule has 10 atom stereocenters. The molecule has 2 aromatic rings. The first-order valence-electron chi connectivity index (χ1n) is 34.1. The normalized spacial score (nSPS) is 27.3. The van der Waals surface area contributed by atoms with Crippen molar-refractivity contribution in [1.82, 2.24) is 54.2 Å². The Kier molecular flexibility index (Phi) is 26.5. The van der Waals surface area contributed by atoms with Crippen LogP contribution in [0.2, 0.25) is 0 Å². The van der Waals surface area contributed by atoms with Gasteiger partial charge in [0.1, 0.15) is 58.7 Å². The number of fused-ring (bicyclic) bond motifs is 6. The van der Waals surface area contributed by atoms with Gasteiger partial charge < -0.3 is 55.1 Å². The summed E-state index contributed by atoms with van der Waals surface area (Å²) in [6, 6.07) is 11.1. The van der Waals surface area contributed by atoms with E-state index in [4.69, 9.17) is 18.9 Å². The van der Waals surface area contributed by atoms with Gasteiger partial charge in [0, 0.05) is 79.0 Å². The van der Waals surface area contributed by atoms with Crippen LogP contribution in [0.15, 0.2) is 72.8 Å². The highest BCUT2D eigenvalue weighted by atomic mass is 32.2. The fourth-order valence-corrected chi connectivity index (χ4v) is 13.5. The molecule has 2 saturated heterocycles. The number of alkyl carbamates (subject to hydrolysis) is 2. The number of nitrogens with two attached hydrogens (primary N) is 1. The van der Waals surface area contributed by atoms with Crippen LogP contribution in [0.4, 0.5) is 19.2 Å². The lowest BCUT2D eigenvalue weighted by molar-refractivity contribution is -0.145. The van der Waals surface area contributed by atoms with Crippen molar-refractivity contribution in [1.29, 1.82) is 0 Å². The molecule has 6 aliphatic heterocycles. The average Bonchev–Trinajstić information content (AvgIpc) is 1.58. The quantitative estimate of drug-likeness (QED) is 0.125. The fraction of sp³-hybridized carbons (Fsp3) is 0.623. The number of carboxylic acid groups (broad SMARTS) is 1. The molecule has 0 bridgehead atoms. The number of allylic oxidation sites excluding steroid dienone is 2. The molecule has 2 aliphatic carbocycles. The van der Waals surface area contributed by atoms with E-state index in [0.717, 1.165) is 63.0 Å². The maximum atomic E-state index is 14.3. The third-order valence-electron chi connectivity index (χ3n) is 18.6. The van der Waals surface area contributed by atoms with E-state index in [0.29, 0.717) is 51.9 Å². The molecule has 0 spiro atoms. The van der Waals surface area contributed by atoms with Crippen LogP contribution in [-0.4, -0.2) is 210 Å². The zero-order chi connectivity index (χ0) is 74.2. The Morgan fingerprint density at radius 1 is 0.578 bits per heavy atom. The fourth-order valence-electron chi connectivity index (χ4n) is 12.9. The SMILES string of the molecule is C.CC(C)(C)OC(=O)N[C@H]1CCCCC/C=C\[C@@H]2C[C@@]2(C(=O)O)NC(=O)[C@@H]2C[C@@H](OC(=O)N3Cc4ccccc4C3)CN2C1=O.CN(C)S(=O)(=O)NC(=O)[C@@]12C[C@H]1/C=C\CCCCC[C@H](NC(=O)OC(C)(C)C)C(=O)N1C[C@H](OC(=O)N3Cc4ccccc4C3)C[C@H]1C(=O)N2.CN(C)S(N)(=O)=O. The lowest BCUT2D eigenvalue weighted by Crippen LogP contribution is -2.58. The molecule has 0 aromatic heterocycles. The first-order chi connectivity index (χ1) is 47.3. The van der Waals surface area contributed by atoms with Crippen LogP contribution in [0.25, 0.3) is 0 Å². The predicted molar refractivity (Wildman–Crippen MR) is 373 cm³/mol. The first-order valence-corrected chi connectivity index (χ1v) is 37.0. The molecule has 31 nitrogen and oxygen atoms in total. The number of rotatable bonds is 9.